The Balaban J connectivity index is 2.02. The largest absolute Gasteiger partial charge is 0.320 e. The number of aryl methyl sites for hydroxylation is 1. The maximum Gasteiger partial charge on any atom is 0.248 e. The Morgan fingerprint density at radius 1 is 1.11 bits per heavy atom. The molecule has 2 aromatic rings. The highest BCUT2D eigenvalue weighted by atomic mass is 19.1. The van der Waals surface area contributed by atoms with E-state index in [-0.39, 0.29) is 11.6 Å². The lowest BCUT2D eigenvalue weighted by atomic mass is 10.1. The zero-order valence-corrected chi connectivity index (χ0v) is 10.6. The van der Waals surface area contributed by atoms with Crippen LogP contribution in [0.5, 0.6) is 0 Å². The van der Waals surface area contributed by atoms with Crippen LogP contribution in [0.3, 0.4) is 0 Å². The number of carbonyl (C=O) groups excluding carboxylic acids is 1. The van der Waals surface area contributed by atoms with Crippen molar-refractivity contribution in [2.75, 3.05) is 5.32 Å². The van der Waals surface area contributed by atoms with Gasteiger partial charge in [-0.2, -0.15) is 0 Å². The van der Waals surface area contributed by atoms with Gasteiger partial charge in [0.2, 0.25) is 5.91 Å². The van der Waals surface area contributed by atoms with Crippen LogP contribution in [-0.2, 0) is 4.79 Å². The molecule has 2 rings (SSSR count). The maximum absolute atomic E-state index is 13.3. The van der Waals surface area contributed by atoms with Gasteiger partial charge in [0.1, 0.15) is 5.82 Å². The molecule has 0 fully saturated rings. The fourth-order valence-electron chi connectivity index (χ4n) is 1.59. The van der Waals surface area contributed by atoms with Crippen LogP contribution in [0, 0.1) is 12.7 Å². The second kappa shape index (κ2) is 5.96. The maximum atomic E-state index is 13.3. The molecule has 96 valence electrons. The van der Waals surface area contributed by atoms with Gasteiger partial charge in [0.15, 0.2) is 0 Å². The summed E-state index contributed by atoms with van der Waals surface area (Å²) in [6.07, 6.45) is 3.08. The van der Waals surface area contributed by atoms with Gasteiger partial charge in [0.25, 0.3) is 0 Å². The summed E-state index contributed by atoms with van der Waals surface area (Å²) in [6, 6.07) is 13.8. The monoisotopic (exact) mass is 255 g/mol. The Morgan fingerprint density at radius 3 is 2.47 bits per heavy atom. The molecule has 2 aromatic carbocycles. The quantitative estimate of drug-likeness (QED) is 0.831. The van der Waals surface area contributed by atoms with Crippen LogP contribution < -0.4 is 5.32 Å². The molecule has 0 bridgehead atoms. The van der Waals surface area contributed by atoms with E-state index in [0.29, 0.717) is 0 Å². The van der Waals surface area contributed by atoms with Crippen molar-refractivity contribution in [3.8, 4) is 0 Å². The zero-order chi connectivity index (χ0) is 13.7. The number of hydrogen-bond donors (Lipinski definition) is 1. The molecule has 0 aromatic heterocycles. The van der Waals surface area contributed by atoms with E-state index in [1.165, 1.54) is 18.2 Å². The predicted octanol–water partition coefficient (Wildman–Crippen LogP) is 3.79. The number of hydrogen-bond acceptors (Lipinski definition) is 1. The lowest BCUT2D eigenvalue weighted by Crippen LogP contribution is -2.08. The third-order valence-electron chi connectivity index (χ3n) is 2.64. The molecular weight excluding hydrogens is 241 g/mol. The molecule has 0 atom stereocenters. The van der Waals surface area contributed by atoms with Gasteiger partial charge < -0.3 is 5.32 Å². The number of anilines is 1. The number of para-hydroxylation sites is 1. The van der Waals surface area contributed by atoms with Crippen molar-refractivity contribution >= 4 is 17.7 Å². The fourth-order valence-corrected chi connectivity index (χ4v) is 1.59. The average molecular weight is 255 g/mol. The topological polar surface area (TPSA) is 29.1 Å². The lowest BCUT2D eigenvalue weighted by molar-refractivity contribution is -0.111. The number of amides is 1. The molecule has 0 unspecified atom stereocenters. The van der Waals surface area contributed by atoms with E-state index in [9.17, 15) is 9.18 Å². The summed E-state index contributed by atoms with van der Waals surface area (Å²) in [5.41, 5.74) is 2.27. The Morgan fingerprint density at radius 2 is 1.79 bits per heavy atom. The van der Waals surface area contributed by atoms with E-state index in [1.54, 1.807) is 18.2 Å². The highest BCUT2D eigenvalue weighted by Gasteiger charge is 2.02. The number of halogens is 1. The summed E-state index contributed by atoms with van der Waals surface area (Å²) in [4.78, 5) is 11.6. The van der Waals surface area contributed by atoms with Gasteiger partial charge in [0.05, 0.1) is 5.69 Å². The summed E-state index contributed by atoms with van der Waals surface area (Å²) >= 11 is 0. The SMILES string of the molecule is Cc1ccc(C=CC(=O)Nc2ccccc2F)cc1. The molecule has 0 saturated carbocycles. The molecule has 3 heteroatoms. The van der Waals surface area contributed by atoms with Crippen LogP contribution >= 0.6 is 0 Å². The first-order chi connectivity index (χ1) is 9.15. The first kappa shape index (κ1) is 13.0. The molecule has 0 aliphatic rings. The van der Waals surface area contributed by atoms with Crippen LogP contribution in [0.25, 0.3) is 6.08 Å². The fraction of sp³-hybridized carbons (Fsp3) is 0.0625. The molecular formula is C16H14FNO. The van der Waals surface area contributed by atoms with E-state index in [1.807, 2.05) is 31.2 Å². The van der Waals surface area contributed by atoms with Crippen molar-refractivity contribution in [3.63, 3.8) is 0 Å². The molecule has 0 radical (unpaired) electrons. The minimum absolute atomic E-state index is 0.182. The van der Waals surface area contributed by atoms with Gasteiger partial charge in [-0.1, -0.05) is 42.0 Å². The van der Waals surface area contributed by atoms with Crippen molar-refractivity contribution in [1.29, 1.82) is 0 Å². The minimum Gasteiger partial charge on any atom is -0.320 e. The first-order valence-electron chi connectivity index (χ1n) is 5.95. The third kappa shape index (κ3) is 3.78. The van der Waals surface area contributed by atoms with E-state index in [0.717, 1.165) is 11.1 Å². The summed E-state index contributed by atoms with van der Waals surface area (Å²) < 4.78 is 13.3. The summed E-state index contributed by atoms with van der Waals surface area (Å²) in [5.74, 6) is -0.801. The number of carbonyl (C=O) groups is 1. The molecule has 19 heavy (non-hydrogen) atoms. The van der Waals surface area contributed by atoms with Crippen LogP contribution in [0.1, 0.15) is 11.1 Å². The Kier molecular flexibility index (Phi) is 4.08. The van der Waals surface area contributed by atoms with Crippen LogP contribution in [0.4, 0.5) is 10.1 Å². The minimum atomic E-state index is -0.445. The van der Waals surface area contributed by atoms with Gasteiger partial charge in [-0.15, -0.1) is 0 Å². The van der Waals surface area contributed by atoms with E-state index in [2.05, 4.69) is 5.32 Å². The normalized spacial score (nSPS) is 10.6. The van der Waals surface area contributed by atoms with Crippen molar-refractivity contribution in [3.05, 3.63) is 71.6 Å². The van der Waals surface area contributed by atoms with Crippen LogP contribution in [-0.4, -0.2) is 5.91 Å². The summed E-state index contributed by atoms with van der Waals surface area (Å²) in [6.45, 7) is 2.00. The summed E-state index contributed by atoms with van der Waals surface area (Å²) in [5, 5.41) is 2.49. The van der Waals surface area contributed by atoms with Gasteiger partial charge in [0, 0.05) is 6.08 Å². The Bertz CT molecular complexity index is 602. The standard InChI is InChI=1S/C16H14FNO/c1-12-6-8-13(9-7-12)10-11-16(19)18-15-5-3-2-4-14(15)17/h2-11H,1H3,(H,18,19). The van der Waals surface area contributed by atoms with Gasteiger partial charge >= 0.3 is 0 Å². The first-order valence-corrected chi connectivity index (χ1v) is 5.95. The highest BCUT2D eigenvalue weighted by molar-refractivity contribution is 6.01. The predicted molar refractivity (Wildman–Crippen MR) is 75.2 cm³/mol. The van der Waals surface area contributed by atoms with Crippen molar-refractivity contribution in [2.24, 2.45) is 0 Å². The van der Waals surface area contributed by atoms with E-state index >= 15 is 0 Å². The summed E-state index contributed by atoms with van der Waals surface area (Å²) in [7, 11) is 0. The number of rotatable bonds is 3. The van der Waals surface area contributed by atoms with Crippen LogP contribution in [0.15, 0.2) is 54.6 Å². The second-order valence-corrected chi connectivity index (χ2v) is 4.21. The van der Waals surface area contributed by atoms with E-state index < -0.39 is 5.82 Å². The van der Waals surface area contributed by atoms with Gasteiger partial charge in [-0.05, 0) is 30.7 Å². The molecule has 2 nitrogen and oxygen atoms in total. The van der Waals surface area contributed by atoms with Crippen molar-refractivity contribution in [1.82, 2.24) is 0 Å². The molecule has 0 spiro atoms. The zero-order valence-electron chi connectivity index (χ0n) is 10.6. The molecule has 1 amide bonds. The molecule has 1 N–H and O–H groups in total. The Labute approximate surface area is 111 Å². The smallest absolute Gasteiger partial charge is 0.248 e. The molecule has 0 aliphatic carbocycles. The highest BCUT2D eigenvalue weighted by Crippen LogP contribution is 2.12. The number of nitrogens with one attached hydrogen (secondary N) is 1. The molecule has 0 saturated heterocycles. The van der Waals surface area contributed by atoms with Crippen LogP contribution in [0.2, 0.25) is 0 Å². The lowest BCUT2D eigenvalue weighted by Gasteiger charge is -2.02. The molecule has 0 heterocycles. The second-order valence-electron chi connectivity index (χ2n) is 4.21. The van der Waals surface area contributed by atoms with Gasteiger partial charge in [-0.25, -0.2) is 4.39 Å². The van der Waals surface area contributed by atoms with E-state index in [4.69, 9.17) is 0 Å². The number of benzene rings is 2. The van der Waals surface area contributed by atoms with Crippen molar-refractivity contribution < 1.29 is 9.18 Å². The Hall–Kier alpha value is -2.42. The van der Waals surface area contributed by atoms with Gasteiger partial charge in [-0.3, -0.25) is 4.79 Å². The molecule has 0 aliphatic heterocycles. The van der Waals surface area contributed by atoms with Crippen molar-refractivity contribution in [2.45, 2.75) is 6.92 Å². The third-order valence-corrected chi connectivity index (χ3v) is 2.64. The average Bonchev–Trinajstić information content (AvgIpc) is 2.41.